The molecule has 0 N–H and O–H groups in total. The molecule has 0 aromatic heterocycles. The largest absolute Gasteiger partial charge is 0.496 e. The molecule has 0 unspecified atom stereocenters. The Kier molecular flexibility index (Phi) is 3.16. The van der Waals surface area contributed by atoms with Crippen LogP contribution in [-0.2, 0) is 6.42 Å². The summed E-state index contributed by atoms with van der Waals surface area (Å²) in [6.07, 6.45) is 1.11. The Bertz CT molecular complexity index is 423. The molecule has 1 aromatic rings. The molecule has 84 valence electrons. The molecule has 4 heteroatoms. The minimum absolute atomic E-state index is 0.260. The minimum atomic E-state index is 0.260. The zero-order chi connectivity index (χ0) is 11.4. The van der Waals surface area contributed by atoms with Crippen LogP contribution >= 0.6 is 0 Å². The van der Waals surface area contributed by atoms with Gasteiger partial charge in [-0.05, 0) is 12.1 Å². The molecule has 1 aromatic carbocycles. The Hall–Kier alpha value is -1.89. The van der Waals surface area contributed by atoms with Crippen molar-refractivity contribution < 1.29 is 14.2 Å². The summed E-state index contributed by atoms with van der Waals surface area (Å²) in [6, 6.07) is 5.74. The van der Waals surface area contributed by atoms with E-state index in [4.69, 9.17) is 19.5 Å². The molecule has 0 saturated carbocycles. The standard InChI is InChI=1S/C12H13NO3/c1-14-10-3-4-11-12(9(10)5-6-13)16-8-2-7-15-11/h3-4H,2,5,7-8H2,1H3. The number of nitriles is 1. The van der Waals surface area contributed by atoms with Crippen molar-refractivity contribution in [1.82, 2.24) is 0 Å². The van der Waals surface area contributed by atoms with Gasteiger partial charge in [0.05, 0.1) is 38.4 Å². The molecule has 0 aliphatic carbocycles. The molecule has 1 aliphatic rings. The normalized spacial score (nSPS) is 13.8. The molecule has 0 bridgehead atoms. The van der Waals surface area contributed by atoms with E-state index < -0.39 is 0 Å². The van der Waals surface area contributed by atoms with E-state index in [2.05, 4.69) is 6.07 Å². The van der Waals surface area contributed by atoms with E-state index in [0.29, 0.717) is 30.5 Å². The van der Waals surface area contributed by atoms with Gasteiger partial charge in [0.1, 0.15) is 5.75 Å². The van der Waals surface area contributed by atoms with Gasteiger partial charge in [0.25, 0.3) is 0 Å². The average Bonchev–Trinajstić information content (AvgIpc) is 2.55. The molecule has 0 spiro atoms. The van der Waals surface area contributed by atoms with Gasteiger partial charge in [-0.2, -0.15) is 5.26 Å². The Labute approximate surface area is 94.3 Å². The summed E-state index contributed by atoms with van der Waals surface area (Å²) in [5.74, 6) is 2.02. The van der Waals surface area contributed by atoms with Crippen molar-refractivity contribution in [2.24, 2.45) is 0 Å². The highest BCUT2D eigenvalue weighted by Crippen LogP contribution is 2.39. The van der Waals surface area contributed by atoms with Gasteiger partial charge in [-0.1, -0.05) is 0 Å². The smallest absolute Gasteiger partial charge is 0.169 e. The number of fused-ring (bicyclic) bond motifs is 1. The van der Waals surface area contributed by atoms with Crippen LogP contribution in [-0.4, -0.2) is 20.3 Å². The Morgan fingerprint density at radius 1 is 1.38 bits per heavy atom. The van der Waals surface area contributed by atoms with Crippen LogP contribution in [0.2, 0.25) is 0 Å². The van der Waals surface area contributed by atoms with Crippen molar-refractivity contribution in [3.63, 3.8) is 0 Å². The summed E-state index contributed by atoms with van der Waals surface area (Å²) in [4.78, 5) is 0. The van der Waals surface area contributed by atoms with Crippen molar-refractivity contribution in [2.75, 3.05) is 20.3 Å². The molecule has 1 aliphatic heterocycles. The highest BCUT2D eigenvalue weighted by molar-refractivity contribution is 5.55. The van der Waals surface area contributed by atoms with Crippen LogP contribution in [0.4, 0.5) is 0 Å². The molecule has 2 rings (SSSR count). The summed E-state index contributed by atoms with van der Waals surface area (Å²) in [5.41, 5.74) is 0.768. The number of hydrogen-bond acceptors (Lipinski definition) is 4. The van der Waals surface area contributed by atoms with Crippen molar-refractivity contribution in [3.05, 3.63) is 17.7 Å². The van der Waals surface area contributed by atoms with E-state index >= 15 is 0 Å². The first-order chi connectivity index (χ1) is 7.86. The molecule has 1 heterocycles. The summed E-state index contributed by atoms with van der Waals surface area (Å²) in [7, 11) is 1.58. The monoisotopic (exact) mass is 219 g/mol. The first-order valence-electron chi connectivity index (χ1n) is 5.19. The third kappa shape index (κ3) is 1.89. The lowest BCUT2D eigenvalue weighted by Gasteiger charge is -2.13. The maximum Gasteiger partial charge on any atom is 0.169 e. The fourth-order valence-electron chi connectivity index (χ4n) is 1.71. The number of methoxy groups -OCH3 is 1. The second-order valence-corrected chi connectivity index (χ2v) is 3.46. The van der Waals surface area contributed by atoms with E-state index in [-0.39, 0.29) is 6.42 Å². The van der Waals surface area contributed by atoms with E-state index in [1.807, 2.05) is 6.07 Å². The lowest BCUT2D eigenvalue weighted by Crippen LogP contribution is -2.00. The lowest BCUT2D eigenvalue weighted by atomic mass is 10.1. The summed E-state index contributed by atoms with van der Waals surface area (Å²) < 4.78 is 16.4. The van der Waals surface area contributed by atoms with Crippen molar-refractivity contribution in [1.29, 1.82) is 5.26 Å². The van der Waals surface area contributed by atoms with Crippen molar-refractivity contribution in [2.45, 2.75) is 12.8 Å². The minimum Gasteiger partial charge on any atom is -0.496 e. The molecule has 0 saturated heterocycles. The summed E-state index contributed by atoms with van der Waals surface area (Å²) >= 11 is 0. The lowest BCUT2D eigenvalue weighted by molar-refractivity contribution is 0.296. The van der Waals surface area contributed by atoms with Crippen LogP contribution in [0.15, 0.2) is 12.1 Å². The van der Waals surface area contributed by atoms with Crippen molar-refractivity contribution in [3.8, 4) is 23.3 Å². The number of rotatable bonds is 2. The molecule has 0 radical (unpaired) electrons. The first kappa shape index (κ1) is 10.6. The van der Waals surface area contributed by atoms with E-state index in [9.17, 15) is 0 Å². The van der Waals surface area contributed by atoms with Crippen LogP contribution < -0.4 is 14.2 Å². The van der Waals surface area contributed by atoms with Gasteiger partial charge in [-0.25, -0.2) is 0 Å². The fraction of sp³-hybridized carbons (Fsp3) is 0.417. The second kappa shape index (κ2) is 4.75. The van der Waals surface area contributed by atoms with E-state index in [1.165, 1.54) is 0 Å². The topological polar surface area (TPSA) is 51.5 Å². The van der Waals surface area contributed by atoms with Gasteiger partial charge in [0.15, 0.2) is 11.5 Å². The highest BCUT2D eigenvalue weighted by atomic mass is 16.5. The van der Waals surface area contributed by atoms with Gasteiger partial charge in [-0.15, -0.1) is 0 Å². The molecular formula is C12H13NO3. The number of ether oxygens (including phenoxy) is 3. The third-order valence-corrected chi connectivity index (χ3v) is 2.45. The predicted molar refractivity (Wildman–Crippen MR) is 57.9 cm³/mol. The zero-order valence-corrected chi connectivity index (χ0v) is 9.16. The SMILES string of the molecule is COc1ccc2c(c1CC#N)OCCCO2. The molecule has 16 heavy (non-hydrogen) atoms. The van der Waals surface area contributed by atoms with E-state index in [0.717, 1.165) is 12.0 Å². The molecule has 0 atom stereocenters. The molecule has 0 amide bonds. The Balaban J connectivity index is 2.48. The summed E-state index contributed by atoms with van der Waals surface area (Å²) in [5, 5.41) is 8.81. The molecule has 0 fully saturated rings. The highest BCUT2D eigenvalue weighted by Gasteiger charge is 2.18. The van der Waals surface area contributed by atoms with Crippen LogP contribution in [0.1, 0.15) is 12.0 Å². The summed E-state index contributed by atoms with van der Waals surface area (Å²) in [6.45, 7) is 1.25. The van der Waals surface area contributed by atoms with Gasteiger partial charge < -0.3 is 14.2 Å². The number of hydrogen-bond donors (Lipinski definition) is 0. The Morgan fingerprint density at radius 2 is 2.19 bits per heavy atom. The van der Waals surface area contributed by atoms with Gasteiger partial charge >= 0.3 is 0 Å². The number of nitrogens with zero attached hydrogens (tertiary/aromatic N) is 1. The van der Waals surface area contributed by atoms with Crippen LogP contribution in [0.5, 0.6) is 17.2 Å². The maximum atomic E-state index is 8.81. The molecular weight excluding hydrogens is 206 g/mol. The molecule has 4 nitrogen and oxygen atoms in total. The second-order valence-electron chi connectivity index (χ2n) is 3.46. The first-order valence-corrected chi connectivity index (χ1v) is 5.19. The average molecular weight is 219 g/mol. The van der Waals surface area contributed by atoms with Crippen LogP contribution in [0.25, 0.3) is 0 Å². The van der Waals surface area contributed by atoms with Gasteiger partial charge in [0, 0.05) is 6.42 Å². The predicted octanol–water partition coefficient (Wildman–Crippen LogP) is 1.92. The van der Waals surface area contributed by atoms with Crippen molar-refractivity contribution >= 4 is 0 Å². The van der Waals surface area contributed by atoms with Gasteiger partial charge in [-0.3, -0.25) is 0 Å². The van der Waals surface area contributed by atoms with Crippen LogP contribution in [0.3, 0.4) is 0 Å². The van der Waals surface area contributed by atoms with Crippen LogP contribution in [0, 0.1) is 11.3 Å². The third-order valence-electron chi connectivity index (χ3n) is 2.45. The van der Waals surface area contributed by atoms with Gasteiger partial charge in [0.2, 0.25) is 0 Å². The Morgan fingerprint density at radius 3 is 2.94 bits per heavy atom. The quantitative estimate of drug-likeness (QED) is 0.762. The maximum absolute atomic E-state index is 8.81. The van der Waals surface area contributed by atoms with E-state index in [1.54, 1.807) is 13.2 Å². The fourth-order valence-corrected chi connectivity index (χ4v) is 1.71. The zero-order valence-electron chi connectivity index (χ0n) is 9.16. The number of benzene rings is 1.